The van der Waals surface area contributed by atoms with E-state index in [2.05, 4.69) is 11.5 Å². The van der Waals surface area contributed by atoms with Gasteiger partial charge in [-0.1, -0.05) is 0 Å². The Labute approximate surface area is 61.9 Å². The van der Waals surface area contributed by atoms with Gasteiger partial charge in [-0.05, 0) is 0 Å². The predicted octanol–water partition coefficient (Wildman–Crippen LogP) is 1.58. The van der Waals surface area contributed by atoms with Crippen LogP contribution in [0.1, 0.15) is 19.3 Å². The van der Waals surface area contributed by atoms with Crippen molar-refractivity contribution in [2.45, 2.75) is 35.7 Å². The number of hydrogen-bond donors (Lipinski definition) is 0. The van der Waals surface area contributed by atoms with Crippen molar-refractivity contribution in [3.05, 3.63) is 0 Å². The first-order valence-corrected chi connectivity index (χ1v) is 10.2. The van der Waals surface area contributed by atoms with Gasteiger partial charge in [0.05, 0.1) is 0 Å². The van der Waals surface area contributed by atoms with Gasteiger partial charge in [0.15, 0.2) is 0 Å². The zero-order chi connectivity index (χ0) is 6.69. The van der Waals surface area contributed by atoms with E-state index in [9.17, 15) is 0 Å². The van der Waals surface area contributed by atoms with Gasteiger partial charge in [-0.3, -0.25) is 0 Å². The van der Waals surface area contributed by atoms with Gasteiger partial charge in [0.2, 0.25) is 0 Å². The van der Waals surface area contributed by atoms with Crippen LogP contribution in [0, 0.1) is 0 Å². The summed E-state index contributed by atoms with van der Waals surface area (Å²) in [5.41, 5.74) is 0. The average molecular weight is 189 g/mol. The summed E-state index contributed by atoms with van der Waals surface area (Å²) >= 11 is -0.890. The van der Waals surface area contributed by atoms with E-state index in [1.807, 2.05) is 0 Å². The van der Waals surface area contributed by atoms with Crippen LogP contribution in [0.5, 0.6) is 0 Å². The summed E-state index contributed by atoms with van der Waals surface area (Å²) < 4.78 is 5.62. The Kier molecular flexibility index (Phi) is 3.06. The monoisotopic (exact) mass is 190 g/mol. The first kappa shape index (κ1) is 7.61. The maximum absolute atomic E-state index is 5.62. The van der Waals surface area contributed by atoms with E-state index in [4.69, 9.17) is 4.74 Å². The normalized spacial score (nSPS) is 29.0. The second-order valence-electron chi connectivity index (χ2n) is 3.15. The molecule has 1 aliphatic rings. The molecule has 1 heterocycles. The fourth-order valence-electron chi connectivity index (χ4n) is 1.29. The second kappa shape index (κ2) is 3.62. The molecule has 1 nitrogen and oxygen atoms in total. The minimum atomic E-state index is -0.890. The van der Waals surface area contributed by atoms with Crippen molar-refractivity contribution in [3.8, 4) is 0 Å². The van der Waals surface area contributed by atoms with Gasteiger partial charge in [0.25, 0.3) is 0 Å². The topological polar surface area (TPSA) is 9.23 Å². The molecule has 2 heteroatoms. The van der Waals surface area contributed by atoms with Crippen molar-refractivity contribution in [2.24, 2.45) is 0 Å². The van der Waals surface area contributed by atoms with Gasteiger partial charge in [-0.25, -0.2) is 0 Å². The molecule has 1 atom stereocenters. The zero-order valence-corrected chi connectivity index (χ0v) is 8.81. The zero-order valence-electron chi connectivity index (χ0n) is 6.39. The standard InChI is InChI=1S/C7H16GeO/c1-8(2)7-5-3-4-6-9-7/h7-8H,3-6H2,1-2H3. The van der Waals surface area contributed by atoms with Crippen LogP contribution < -0.4 is 0 Å². The van der Waals surface area contributed by atoms with Crippen LogP contribution in [-0.4, -0.2) is 25.9 Å². The predicted molar refractivity (Wildman–Crippen MR) is 42.5 cm³/mol. The van der Waals surface area contributed by atoms with Crippen LogP contribution >= 0.6 is 0 Å². The third kappa shape index (κ3) is 2.30. The Morgan fingerprint density at radius 1 is 1.33 bits per heavy atom. The Hall–Kier alpha value is 0.503. The third-order valence-electron chi connectivity index (χ3n) is 1.96. The molecule has 0 radical (unpaired) electrons. The van der Waals surface area contributed by atoms with Crippen molar-refractivity contribution < 1.29 is 4.74 Å². The van der Waals surface area contributed by atoms with E-state index >= 15 is 0 Å². The van der Waals surface area contributed by atoms with Gasteiger partial charge < -0.3 is 0 Å². The molecular formula is C7H16GeO. The summed E-state index contributed by atoms with van der Waals surface area (Å²) in [6.45, 7) is 1.04. The third-order valence-corrected chi connectivity index (χ3v) is 6.18. The summed E-state index contributed by atoms with van der Waals surface area (Å²) in [5.74, 6) is 4.84. The molecule has 0 bridgehead atoms. The van der Waals surface area contributed by atoms with Crippen LogP contribution in [0.15, 0.2) is 0 Å². The average Bonchev–Trinajstić information content (AvgIpc) is 1.90. The molecule has 1 aliphatic heterocycles. The Bertz CT molecular complexity index is 77.0. The van der Waals surface area contributed by atoms with Gasteiger partial charge in [0, 0.05) is 0 Å². The van der Waals surface area contributed by atoms with Crippen molar-refractivity contribution >= 4 is 14.3 Å². The van der Waals surface area contributed by atoms with Gasteiger partial charge >= 0.3 is 61.4 Å². The van der Waals surface area contributed by atoms with Crippen LogP contribution in [0.3, 0.4) is 0 Å². The van der Waals surface area contributed by atoms with Crippen LogP contribution in [0.4, 0.5) is 0 Å². The SMILES string of the molecule is [CH3][GeH]([CH3])[CH]1CCCCO1. The van der Waals surface area contributed by atoms with E-state index in [-0.39, 0.29) is 0 Å². The van der Waals surface area contributed by atoms with E-state index in [1.165, 1.54) is 19.3 Å². The quantitative estimate of drug-likeness (QED) is 0.568. The molecule has 54 valence electrons. The number of ether oxygens (including phenoxy) is 1. The summed E-state index contributed by atoms with van der Waals surface area (Å²) in [6.07, 6.45) is 4.07. The molecule has 0 aromatic heterocycles. The Balaban J connectivity index is 2.23. The van der Waals surface area contributed by atoms with Crippen LogP contribution in [0.25, 0.3) is 0 Å². The number of rotatable bonds is 1. The van der Waals surface area contributed by atoms with Crippen molar-refractivity contribution in [2.75, 3.05) is 6.61 Å². The summed E-state index contributed by atoms with van der Waals surface area (Å²) in [6, 6.07) is 0. The van der Waals surface area contributed by atoms with Crippen molar-refractivity contribution in [3.63, 3.8) is 0 Å². The van der Waals surface area contributed by atoms with Crippen molar-refractivity contribution in [1.82, 2.24) is 0 Å². The maximum atomic E-state index is 5.62. The molecule has 0 aliphatic carbocycles. The summed E-state index contributed by atoms with van der Waals surface area (Å²) in [7, 11) is 0. The molecule has 1 saturated heterocycles. The molecule has 1 unspecified atom stereocenters. The van der Waals surface area contributed by atoms with Gasteiger partial charge in [-0.15, -0.1) is 0 Å². The Morgan fingerprint density at radius 3 is 2.44 bits per heavy atom. The fourth-order valence-corrected chi connectivity index (χ4v) is 4.28. The molecule has 0 aromatic rings. The Morgan fingerprint density at radius 2 is 2.11 bits per heavy atom. The van der Waals surface area contributed by atoms with Crippen LogP contribution in [0.2, 0.25) is 11.5 Å². The molecular weight excluding hydrogens is 173 g/mol. The van der Waals surface area contributed by atoms with E-state index in [0.29, 0.717) is 0 Å². The van der Waals surface area contributed by atoms with E-state index < -0.39 is 14.3 Å². The van der Waals surface area contributed by atoms with Gasteiger partial charge in [0.1, 0.15) is 0 Å². The molecule has 9 heavy (non-hydrogen) atoms. The first-order chi connectivity index (χ1) is 4.30. The van der Waals surface area contributed by atoms with E-state index in [1.54, 1.807) is 0 Å². The fraction of sp³-hybridized carbons (Fsp3) is 1.00. The summed E-state index contributed by atoms with van der Waals surface area (Å²) in [5, 5.41) is 0. The molecule has 0 aromatic carbocycles. The molecule has 0 amide bonds. The number of hydrogen-bond acceptors (Lipinski definition) is 1. The minimum absolute atomic E-state index is 0.742. The molecule has 0 spiro atoms. The van der Waals surface area contributed by atoms with E-state index in [0.717, 1.165) is 11.5 Å². The first-order valence-electron chi connectivity index (χ1n) is 3.92. The van der Waals surface area contributed by atoms with Crippen molar-refractivity contribution in [1.29, 1.82) is 0 Å². The second-order valence-corrected chi connectivity index (χ2v) is 9.93. The molecule has 0 saturated carbocycles. The molecule has 1 fully saturated rings. The molecule has 1 rings (SSSR count). The summed E-state index contributed by atoms with van der Waals surface area (Å²) in [4.78, 5) is 0.742. The van der Waals surface area contributed by atoms with Gasteiger partial charge in [-0.2, -0.15) is 0 Å². The molecule has 0 N–H and O–H groups in total. The van der Waals surface area contributed by atoms with Crippen LogP contribution in [-0.2, 0) is 4.74 Å².